The number of hydrogen-bond acceptors (Lipinski definition) is 4. The number of ether oxygens (including phenoxy) is 1. The van der Waals surface area contributed by atoms with E-state index in [9.17, 15) is 9.90 Å². The second-order valence-corrected chi connectivity index (χ2v) is 5.80. The summed E-state index contributed by atoms with van der Waals surface area (Å²) in [7, 11) is 0. The Morgan fingerprint density at radius 2 is 1.84 bits per heavy atom. The summed E-state index contributed by atoms with van der Waals surface area (Å²) in [6, 6.07) is 15.2. The number of benzene rings is 2. The number of hydrogen-bond donors (Lipinski definition) is 1. The molecule has 0 bridgehead atoms. The molecular weight excluding hydrogens is 338 g/mol. The topological polar surface area (TPSA) is 59.4 Å². The molecule has 0 atom stereocenters. The molecule has 0 fully saturated rings. The minimum Gasteiger partial charge on any atom is -0.502 e. The number of pyridine rings is 1. The number of carbonyl (C=O) groups is 1. The molecule has 1 aromatic heterocycles. The molecule has 0 aliphatic heterocycles. The molecule has 0 amide bonds. The lowest BCUT2D eigenvalue weighted by atomic mass is 9.99. The predicted molar refractivity (Wildman–Crippen MR) is 99.4 cm³/mol. The Labute approximate surface area is 150 Å². The second kappa shape index (κ2) is 7.36. The van der Waals surface area contributed by atoms with Crippen LogP contribution in [0.3, 0.4) is 0 Å². The van der Waals surface area contributed by atoms with Crippen molar-refractivity contribution >= 4 is 34.4 Å². The fraction of sp³-hybridized carbons (Fsp3) is 0.100. The molecule has 0 aliphatic rings. The molecule has 0 saturated heterocycles. The lowest BCUT2D eigenvalue weighted by Gasteiger charge is -2.09. The largest absolute Gasteiger partial charge is 0.502 e. The molecule has 0 saturated carbocycles. The van der Waals surface area contributed by atoms with E-state index in [0.717, 1.165) is 21.9 Å². The third kappa shape index (κ3) is 3.64. The van der Waals surface area contributed by atoms with E-state index in [1.54, 1.807) is 13.1 Å². The number of aliphatic hydroxyl groups excluding tert-OH is 1. The van der Waals surface area contributed by atoms with Crippen LogP contribution in [0.4, 0.5) is 0 Å². The van der Waals surface area contributed by atoms with Crippen LogP contribution in [0.5, 0.6) is 0 Å². The summed E-state index contributed by atoms with van der Waals surface area (Å²) in [6.07, 6.45) is 3.04. The number of rotatable bonds is 4. The molecule has 1 N–H and O–H groups in total. The van der Waals surface area contributed by atoms with Crippen molar-refractivity contribution < 1.29 is 14.6 Å². The van der Waals surface area contributed by atoms with E-state index < -0.39 is 11.7 Å². The van der Waals surface area contributed by atoms with E-state index in [4.69, 9.17) is 16.3 Å². The van der Waals surface area contributed by atoms with Crippen molar-refractivity contribution in [1.29, 1.82) is 0 Å². The fourth-order valence-corrected chi connectivity index (χ4v) is 2.71. The molecule has 25 heavy (non-hydrogen) atoms. The number of aliphatic hydroxyl groups is 1. The summed E-state index contributed by atoms with van der Waals surface area (Å²) < 4.78 is 4.79. The van der Waals surface area contributed by atoms with Crippen LogP contribution >= 0.6 is 11.6 Å². The van der Waals surface area contributed by atoms with Gasteiger partial charge in [0.1, 0.15) is 0 Å². The summed E-state index contributed by atoms with van der Waals surface area (Å²) in [5, 5.41) is 12.4. The molecule has 126 valence electrons. The Kier molecular flexibility index (Phi) is 5.00. The van der Waals surface area contributed by atoms with Crippen LogP contribution < -0.4 is 0 Å². The van der Waals surface area contributed by atoms with Gasteiger partial charge in [0.15, 0.2) is 0 Å². The van der Waals surface area contributed by atoms with Crippen LogP contribution in [0.25, 0.3) is 28.0 Å². The SMILES string of the molecule is CCOC(=O)/C(O)=C/c1ncc(-c2ccc(Cl)cc2)c2ccccc12. The van der Waals surface area contributed by atoms with Crippen LogP contribution in [0, 0.1) is 0 Å². The highest BCUT2D eigenvalue weighted by atomic mass is 35.5. The molecule has 5 heteroatoms. The van der Waals surface area contributed by atoms with Crippen molar-refractivity contribution in [3.63, 3.8) is 0 Å². The van der Waals surface area contributed by atoms with Gasteiger partial charge in [-0.2, -0.15) is 0 Å². The number of carbonyl (C=O) groups excluding carboxylic acids is 1. The molecule has 3 aromatic rings. The number of esters is 1. The second-order valence-electron chi connectivity index (χ2n) is 5.36. The summed E-state index contributed by atoms with van der Waals surface area (Å²) in [4.78, 5) is 16.0. The van der Waals surface area contributed by atoms with Gasteiger partial charge >= 0.3 is 5.97 Å². The normalized spacial score (nSPS) is 11.5. The number of fused-ring (bicyclic) bond motifs is 1. The summed E-state index contributed by atoms with van der Waals surface area (Å²) >= 11 is 5.96. The van der Waals surface area contributed by atoms with Crippen LogP contribution in [-0.4, -0.2) is 22.7 Å². The van der Waals surface area contributed by atoms with E-state index in [-0.39, 0.29) is 6.61 Å². The standard InChI is InChI=1S/C20H16ClNO3/c1-2-25-20(24)19(23)11-18-16-6-4-3-5-15(16)17(12-22-18)13-7-9-14(21)10-8-13/h3-12,23H,2H2,1H3/b19-11-. The van der Waals surface area contributed by atoms with E-state index in [1.807, 2.05) is 48.5 Å². The highest BCUT2D eigenvalue weighted by Crippen LogP contribution is 2.30. The zero-order valence-electron chi connectivity index (χ0n) is 13.6. The van der Waals surface area contributed by atoms with Crippen molar-refractivity contribution in [2.45, 2.75) is 6.92 Å². The summed E-state index contributed by atoms with van der Waals surface area (Å²) in [6.45, 7) is 1.88. The van der Waals surface area contributed by atoms with E-state index in [2.05, 4.69) is 4.98 Å². The molecule has 2 aromatic carbocycles. The van der Waals surface area contributed by atoms with Crippen LogP contribution in [-0.2, 0) is 9.53 Å². The van der Waals surface area contributed by atoms with Crippen LogP contribution in [0.2, 0.25) is 5.02 Å². The number of aromatic nitrogens is 1. The maximum absolute atomic E-state index is 11.6. The van der Waals surface area contributed by atoms with Gasteiger partial charge in [-0.25, -0.2) is 4.79 Å². The van der Waals surface area contributed by atoms with Gasteiger partial charge < -0.3 is 9.84 Å². The van der Waals surface area contributed by atoms with Crippen molar-refractivity contribution in [2.24, 2.45) is 0 Å². The van der Waals surface area contributed by atoms with Gasteiger partial charge in [-0.15, -0.1) is 0 Å². The minimum absolute atomic E-state index is 0.195. The van der Waals surface area contributed by atoms with Crippen LogP contribution in [0.15, 0.2) is 60.5 Å². The van der Waals surface area contributed by atoms with Gasteiger partial charge in [-0.3, -0.25) is 4.98 Å². The van der Waals surface area contributed by atoms with Gasteiger partial charge in [-0.1, -0.05) is 48.0 Å². The first-order valence-corrected chi connectivity index (χ1v) is 8.19. The zero-order valence-corrected chi connectivity index (χ0v) is 14.3. The molecule has 4 nitrogen and oxygen atoms in total. The lowest BCUT2D eigenvalue weighted by molar-refractivity contribution is -0.141. The third-order valence-electron chi connectivity index (χ3n) is 3.74. The van der Waals surface area contributed by atoms with Gasteiger partial charge in [0.05, 0.1) is 12.3 Å². The van der Waals surface area contributed by atoms with Crippen molar-refractivity contribution in [3.8, 4) is 11.1 Å². The molecule has 0 spiro atoms. The molecule has 3 rings (SSSR count). The Bertz CT molecular complexity index is 949. The monoisotopic (exact) mass is 353 g/mol. The van der Waals surface area contributed by atoms with E-state index in [0.29, 0.717) is 10.7 Å². The van der Waals surface area contributed by atoms with Gasteiger partial charge in [-0.05, 0) is 30.0 Å². The van der Waals surface area contributed by atoms with Crippen molar-refractivity contribution in [2.75, 3.05) is 6.61 Å². The maximum atomic E-state index is 11.6. The van der Waals surface area contributed by atoms with Gasteiger partial charge in [0.2, 0.25) is 5.76 Å². The average Bonchev–Trinajstić information content (AvgIpc) is 2.63. The van der Waals surface area contributed by atoms with E-state index >= 15 is 0 Å². The first-order valence-electron chi connectivity index (χ1n) is 7.81. The molecular formula is C20H16ClNO3. The molecule has 1 heterocycles. The van der Waals surface area contributed by atoms with E-state index in [1.165, 1.54) is 6.08 Å². The highest BCUT2D eigenvalue weighted by molar-refractivity contribution is 6.30. The lowest BCUT2D eigenvalue weighted by Crippen LogP contribution is -2.07. The Balaban J connectivity index is 2.12. The predicted octanol–water partition coefficient (Wildman–Crippen LogP) is 5.02. The fourth-order valence-electron chi connectivity index (χ4n) is 2.58. The zero-order chi connectivity index (χ0) is 17.8. The first kappa shape index (κ1) is 17.0. The molecule has 0 radical (unpaired) electrons. The summed E-state index contributed by atoms with van der Waals surface area (Å²) in [5.41, 5.74) is 2.43. The smallest absolute Gasteiger partial charge is 0.373 e. The number of nitrogens with zero attached hydrogens (tertiary/aromatic N) is 1. The first-order chi connectivity index (χ1) is 12.1. The van der Waals surface area contributed by atoms with Gasteiger partial charge in [0, 0.05) is 28.2 Å². The Morgan fingerprint density at radius 3 is 2.52 bits per heavy atom. The average molecular weight is 354 g/mol. The summed E-state index contributed by atoms with van der Waals surface area (Å²) in [5.74, 6) is -1.24. The van der Waals surface area contributed by atoms with Gasteiger partial charge in [0.25, 0.3) is 0 Å². The third-order valence-corrected chi connectivity index (χ3v) is 3.99. The van der Waals surface area contributed by atoms with Crippen molar-refractivity contribution in [1.82, 2.24) is 4.98 Å². The number of halogens is 1. The minimum atomic E-state index is -0.768. The van der Waals surface area contributed by atoms with Crippen LogP contribution in [0.1, 0.15) is 12.6 Å². The Morgan fingerprint density at radius 1 is 1.16 bits per heavy atom. The quantitative estimate of drug-likeness (QED) is 0.406. The maximum Gasteiger partial charge on any atom is 0.373 e. The Hall–Kier alpha value is -2.85. The molecule has 0 aliphatic carbocycles. The highest BCUT2D eigenvalue weighted by Gasteiger charge is 2.12. The van der Waals surface area contributed by atoms with Crippen molar-refractivity contribution in [3.05, 3.63) is 71.2 Å². The molecule has 0 unspecified atom stereocenters.